The third-order valence-corrected chi connectivity index (χ3v) is 4.31. The molecule has 3 aromatic rings. The largest absolute Gasteiger partial charge is 0.465 e. The topological polar surface area (TPSA) is 39.2 Å². The Kier molecular flexibility index (Phi) is 4.74. The predicted molar refractivity (Wildman–Crippen MR) is 91.6 cm³/mol. The molecule has 3 rings (SSSR count). The van der Waals surface area contributed by atoms with Gasteiger partial charge in [-0.05, 0) is 47.6 Å². The van der Waals surface area contributed by atoms with Gasteiger partial charge in [-0.25, -0.2) is 13.6 Å². The van der Waals surface area contributed by atoms with Crippen molar-refractivity contribution in [1.29, 1.82) is 0 Å². The maximum atomic E-state index is 13.9. The molecule has 0 saturated heterocycles. The van der Waals surface area contributed by atoms with Gasteiger partial charge in [-0.2, -0.15) is 0 Å². The van der Waals surface area contributed by atoms with Crippen molar-refractivity contribution in [3.63, 3.8) is 0 Å². The average Bonchev–Trinajstić information content (AvgIpc) is 2.63. The van der Waals surface area contributed by atoms with E-state index in [1.54, 1.807) is 24.5 Å². The minimum absolute atomic E-state index is 0.0678. The summed E-state index contributed by atoms with van der Waals surface area (Å²) in [7, 11) is 1.33. The molecular formula is C20H17F2NO2. The molecule has 0 aliphatic rings. The predicted octanol–water partition coefficient (Wildman–Crippen LogP) is 4.65. The van der Waals surface area contributed by atoms with Gasteiger partial charge < -0.3 is 4.74 Å². The highest BCUT2D eigenvalue weighted by Crippen LogP contribution is 2.29. The van der Waals surface area contributed by atoms with Crippen LogP contribution in [0.25, 0.3) is 10.8 Å². The molecule has 0 N–H and O–H groups in total. The van der Waals surface area contributed by atoms with Crippen LogP contribution in [0, 0.1) is 11.6 Å². The number of pyridine rings is 1. The molecule has 1 heterocycles. The van der Waals surface area contributed by atoms with E-state index in [2.05, 4.69) is 4.98 Å². The van der Waals surface area contributed by atoms with Crippen LogP contribution in [0.2, 0.25) is 0 Å². The van der Waals surface area contributed by atoms with Crippen LogP contribution >= 0.6 is 0 Å². The van der Waals surface area contributed by atoms with E-state index in [0.29, 0.717) is 5.56 Å². The van der Waals surface area contributed by atoms with Crippen molar-refractivity contribution in [3.05, 3.63) is 77.1 Å². The lowest BCUT2D eigenvalue weighted by Crippen LogP contribution is -2.05. The fourth-order valence-electron chi connectivity index (χ4n) is 2.98. The zero-order chi connectivity index (χ0) is 18.0. The van der Waals surface area contributed by atoms with Gasteiger partial charge in [0.15, 0.2) is 0 Å². The normalized spacial score (nSPS) is 12.2. The molecule has 0 amide bonds. The summed E-state index contributed by atoms with van der Waals surface area (Å²) in [4.78, 5) is 15.9. The smallest absolute Gasteiger partial charge is 0.337 e. The Hall–Kier alpha value is -2.82. The number of carbonyl (C=O) groups is 1. The first-order valence-electron chi connectivity index (χ1n) is 7.90. The summed E-state index contributed by atoms with van der Waals surface area (Å²) in [5.74, 6) is -1.67. The van der Waals surface area contributed by atoms with Gasteiger partial charge in [-0.3, -0.25) is 4.98 Å². The summed E-state index contributed by atoms with van der Waals surface area (Å²) >= 11 is 0. The molecule has 0 aliphatic carbocycles. The quantitative estimate of drug-likeness (QED) is 0.649. The zero-order valence-corrected chi connectivity index (χ0v) is 13.9. The number of methoxy groups -OCH3 is 1. The maximum Gasteiger partial charge on any atom is 0.337 e. The lowest BCUT2D eigenvalue weighted by atomic mass is 9.90. The van der Waals surface area contributed by atoms with E-state index >= 15 is 0 Å². The van der Waals surface area contributed by atoms with Gasteiger partial charge in [-0.1, -0.05) is 19.1 Å². The molecule has 128 valence electrons. The van der Waals surface area contributed by atoms with Crippen LogP contribution in [0.5, 0.6) is 0 Å². The number of benzene rings is 2. The SMILES string of the molecule is COC(=O)c1ccc2c(C(C)Cc3c(F)cccc3F)cncc2c1. The molecule has 25 heavy (non-hydrogen) atoms. The van der Waals surface area contributed by atoms with Gasteiger partial charge >= 0.3 is 5.97 Å². The van der Waals surface area contributed by atoms with E-state index in [1.165, 1.54) is 25.3 Å². The van der Waals surface area contributed by atoms with Gasteiger partial charge in [0, 0.05) is 23.3 Å². The third-order valence-electron chi connectivity index (χ3n) is 4.31. The fourth-order valence-corrected chi connectivity index (χ4v) is 2.98. The molecule has 1 aromatic heterocycles. The number of ether oxygens (including phenoxy) is 1. The van der Waals surface area contributed by atoms with Crippen LogP contribution in [0.15, 0.2) is 48.8 Å². The van der Waals surface area contributed by atoms with Crippen LogP contribution in [0.1, 0.15) is 34.3 Å². The van der Waals surface area contributed by atoms with Crippen molar-refractivity contribution in [2.24, 2.45) is 0 Å². The van der Waals surface area contributed by atoms with Crippen molar-refractivity contribution >= 4 is 16.7 Å². The number of hydrogen-bond acceptors (Lipinski definition) is 3. The first kappa shape index (κ1) is 17.0. The summed E-state index contributed by atoms with van der Waals surface area (Å²) in [6, 6.07) is 9.06. The van der Waals surface area contributed by atoms with Crippen LogP contribution in [-0.4, -0.2) is 18.1 Å². The highest BCUT2D eigenvalue weighted by molar-refractivity contribution is 5.96. The lowest BCUT2D eigenvalue weighted by molar-refractivity contribution is 0.0601. The molecule has 3 nitrogen and oxygen atoms in total. The first-order valence-corrected chi connectivity index (χ1v) is 7.90. The maximum absolute atomic E-state index is 13.9. The average molecular weight is 341 g/mol. The number of rotatable bonds is 4. The number of aromatic nitrogens is 1. The van der Waals surface area contributed by atoms with Crippen LogP contribution in [-0.2, 0) is 11.2 Å². The Morgan fingerprint density at radius 3 is 2.56 bits per heavy atom. The molecular weight excluding hydrogens is 324 g/mol. The van der Waals surface area contributed by atoms with Crippen molar-refractivity contribution < 1.29 is 18.3 Å². The van der Waals surface area contributed by atoms with Crippen LogP contribution < -0.4 is 0 Å². The Morgan fingerprint density at radius 2 is 1.88 bits per heavy atom. The summed E-state index contributed by atoms with van der Waals surface area (Å²) < 4.78 is 32.6. The molecule has 0 radical (unpaired) electrons. The number of hydrogen-bond donors (Lipinski definition) is 0. The van der Waals surface area contributed by atoms with E-state index in [9.17, 15) is 13.6 Å². The number of fused-ring (bicyclic) bond motifs is 1. The van der Waals surface area contributed by atoms with Crippen molar-refractivity contribution in [2.75, 3.05) is 7.11 Å². The number of carbonyl (C=O) groups excluding carboxylic acids is 1. The molecule has 1 atom stereocenters. The first-order chi connectivity index (χ1) is 12.0. The molecule has 0 spiro atoms. The van der Waals surface area contributed by atoms with Crippen LogP contribution in [0.4, 0.5) is 8.78 Å². The van der Waals surface area contributed by atoms with E-state index in [-0.39, 0.29) is 17.9 Å². The lowest BCUT2D eigenvalue weighted by Gasteiger charge is -2.15. The third kappa shape index (κ3) is 3.36. The molecule has 1 unspecified atom stereocenters. The van der Waals surface area contributed by atoms with Gasteiger partial charge in [0.25, 0.3) is 0 Å². The monoisotopic (exact) mass is 341 g/mol. The molecule has 0 fully saturated rings. The molecule has 0 saturated carbocycles. The zero-order valence-electron chi connectivity index (χ0n) is 13.9. The van der Waals surface area contributed by atoms with Gasteiger partial charge in [0.1, 0.15) is 11.6 Å². The van der Waals surface area contributed by atoms with Crippen LogP contribution in [0.3, 0.4) is 0 Å². The molecule has 0 aliphatic heterocycles. The number of halogens is 2. The van der Waals surface area contributed by atoms with E-state index in [4.69, 9.17) is 4.74 Å². The van der Waals surface area contributed by atoms with E-state index < -0.39 is 17.6 Å². The Morgan fingerprint density at radius 1 is 1.16 bits per heavy atom. The van der Waals surface area contributed by atoms with Crippen molar-refractivity contribution in [3.8, 4) is 0 Å². The second-order valence-electron chi connectivity index (χ2n) is 5.96. The molecule has 0 bridgehead atoms. The second-order valence-corrected chi connectivity index (χ2v) is 5.96. The Balaban J connectivity index is 1.99. The number of nitrogens with zero attached hydrogens (tertiary/aromatic N) is 1. The summed E-state index contributed by atoms with van der Waals surface area (Å²) in [5, 5.41) is 1.67. The minimum Gasteiger partial charge on any atom is -0.465 e. The van der Waals surface area contributed by atoms with Gasteiger partial charge in [-0.15, -0.1) is 0 Å². The summed E-state index contributed by atoms with van der Waals surface area (Å²) in [6.45, 7) is 1.90. The Bertz CT molecular complexity index is 920. The van der Waals surface area contributed by atoms with Crippen molar-refractivity contribution in [2.45, 2.75) is 19.3 Å². The van der Waals surface area contributed by atoms with Crippen molar-refractivity contribution in [1.82, 2.24) is 4.98 Å². The highest BCUT2D eigenvalue weighted by Gasteiger charge is 2.17. The highest BCUT2D eigenvalue weighted by atomic mass is 19.1. The van der Waals surface area contributed by atoms with E-state index in [0.717, 1.165) is 16.3 Å². The fraction of sp³-hybridized carbons (Fsp3) is 0.200. The minimum atomic E-state index is -0.548. The summed E-state index contributed by atoms with van der Waals surface area (Å²) in [5.41, 5.74) is 1.37. The Labute approximate surface area is 144 Å². The van der Waals surface area contributed by atoms with Gasteiger partial charge in [0.2, 0.25) is 0 Å². The summed E-state index contributed by atoms with van der Waals surface area (Å²) in [6.07, 6.45) is 3.57. The second kappa shape index (κ2) is 6.97. The molecule has 5 heteroatoms. The van der Waals surface area contributed by atoms with E-state index in [1.807, 2.05) is 13.0 Å². The molecule has 2 aromatic carbocycles. The number of esters is 1. The van der Waals surface area contributed by atoms with Gasteiger partial charge in [0.05, 0.1) is 12.7 Å². The standard InChI is InChI=1S/C20H17F2NO2/c1-12(8-16-18(21)4-3-5-19(16)22)17-11-23-10-14-9-13(20(24)25-2)6-7-15(14)17/h3-7,9-12H,8H2,1-2H3.